The summed E-state index contributed by atoms with van der Waals surface area (Å²) in [6.07, 6.45) is 3.56. The van der Waals surface area contributed by atoms with Gasteiger partial charge in [0.25, 0.3) is 0 Å². The van der Waals surface area contributed by atoms with Crippen LogP contribution in [0.25, 0.3) is 0 Å². The third-order valence-corrected chi connectivity index (χ3v) is 9.92. The van der Waals surface area contributed by atoms with Crippen molar-refractivity contribution in [3.63, 3.8) is 0 Å². The summed E-state index contributed by atoms with van der Waals surface area (Å²) in [5.74, 6) is 0.0641. The Labute approximate surface area is 331 Å². The average molecular weight is 767 g/mol. The molecule has 12 nitrogen and oxygen atoms in total. The van der Waals surface area contributed by atoms with Crippen molar-refractivity contribution < 1.29 is 28.7 Å². The molecule has 2 saturated heterocycles. The van der Waals surface area contributed by atoms with Gasteiger partial charge >= 0.3 is 12.2 Å². The highest BCUT2D eigenvalue weighted by Crippen LogP contribution is 2.38. The molecule has 0 saturated carbocycles. The highest BCUT2D eigenvalue weighted by Gasteiger charge is 2.47. The minimum Gasteiger partial charge on any atom is -0.444 e. The first-order valence-corrected chi connectivity index (χ1v) is 19.0. The zero-order chi connectivity index (χ0) is 40.5. The van der Waals surface area contributed by atoms with E-state index in [0.717, 1.165) is 36.8 Å². The maximum absolute atomic E-state index is 13.4. The van der Waals surface area contributed by atoms with Crippen LogP contribution in [0.15, 0.2) is 60.7 Å². The molecule has 0 aliphatic carbocycles. The van der Waals surface area contributed by atoms with Crippen molar-refractivity contribution in [1.29, 1.82) is 0 Å². The van der Waals surface area contributed by atoms with Crippen LogP contribution in [-0.2, 0) is 31.9 Å². The minimum atomic E-state index is -0.657. The molecule has 0 radical (unpaired) electrons. The molecule has 2 aliphatic heterocycles. The molecule has 0 bridgehead atoms. The predicted molar refractivity (Wildman–Crippen MR) is 219 cm³/mol. The molecular formula is C43H70N6O6. The van der Waals surface area contributed by atoms with Gasteiger partial charge in [-0.15, -0.1) is 0 Å². The molecule has 4 rings (SSSR count). The summed E-state index contributed by atoms with van der Waals surface area (Å²) in [5, 5.41) is 6.84. The van der Waals surface area contributed by atoms with Crippen LogP contribution in [0.5, 0.6) is 0 Å². The molecule has 2 aromatic carbocycles. The topological polar surface area (TPSA) is 106 Å². The number of likely N-dealkylation sites (tertiary alicyclic amines) is 2. The number of amides is 4. The lowest BCUT2D eigenvalue weighted by Gasteiger charge is -2.44. The van der Waals surface area contributed by atoms with E-state index >= 15 is 0 Å². The van der Waals surface area contributed by atoms with E-state index in [9.17, 15) is 19.2 Å². The van der Waals surface area contributed by atoms with E-state index < -0.39 is 22.0 Å². The number of hydrogen-bond donors (Lipinski definition) is 0. The number of ether oxygens (including phenoxy) is 2. The third kappa shape index (κ3) is 13.5. The fourth-order valence-corrected chi connectivity index (χ4v) is 7.04. The van der Waals surface area contributed by atoms with Crippen molar-refractivity contribution in [2.24, 2.45) is 10.8 Å². The molecule has 0 N–H and O–H groups in total. The van der Waals surface area contributed by atoms with Crippen molar-refractivity contribution in [2.75, 3.05) is 68.5 Å². The number of piperidine rings is 2. The van der Waals surface area contributed by atoms with Gasteiger partial charge in [0.15, 0.2) is 0 Å². The lowest BCUT2D eigenvalue weighted by atomic mass is 9.74. The van der Waals surface area contributed by atoms with Gasteiger partial charge in [0.05, 0.1) is 10.8 Å². The smallest absolute Gasteiger partial charge is 0.410 e. The fourth-order valence-electron chi connectivity index (χ4n) is 7.04. The molecule has 0 aromatic heterocycles. The van der Waals surface area contributed by atoms with Crippen molar-refractivity contribution >= 4 is 24.0 Å². The number of hydrazine groups is 2. The Morgan fingerprint density at radius 3 is 1.16 bits per heavy atom. The number of carbonyl (C=O) groups excluding carboxylic acids is 4. The first kappa shape index (κ1) is 47.0. The van der Waals surface area contributed by atoms with Gasteiger partial charge < -0.3 is 19.3 Å². The highest BCUT2D eigenvalue weighted by molar-refractivity contribution is 5.84. The van der Waals surface area contributed by atoms with E-state index in [1.165, 1.54) is 0 Å². The normalized spacial score (nSPS) is 20.1. The summed E-state index contributed by atoms with van der Waals surface area (Å²) in [5.41, 5.74) is -0.222. The zero-order valence-corrected chi connectivity index (χ0v) is 35.0. The molecule has 308 valence electrons. The molecule has 0 spiro atoms. The van der Waals surface area contributed by atoms with Gasteiger partial charge in [-0.3, -0.25) is 19.6 Å². The molecule has 55 heavy (non-hydrogen) atoms. The zero-order valence-electron chi connectivity index (χ0n) is 35.0. The summed E-state index contributed by atoms with van der Waals surface area (Å²) in [7, 11) is 11.0. The van der Waals surface area contributed by atoms with Crippen LogP contribution in [0.3, 0.4) is 0 Å². The fraction of sp³-hybridized carbons (Fsp3) is 0.628. The summed E-state index contributed by atoms with van der Waals surface area (Å²) < 4.78 is 11.1. The Balaban J connectivity index is 0.000000373. The van der Waals surface area contributed by atoms with Gasteiger partial charge in [-0.1, -0.05) is 68.1 Å². The highest BCUT2D eigenvalue weighted by atomic mass is 16.6. The first-order chi connectivity index (χ1) is 25.1. The van der Waals surface area contributed by atoms with E-state index in [1.807, 2.05) is 130 Å². The van der Waals surface area contributed by atoms with Crippen molar-refractivity contribution in [2.45, 2.75) is 98.7 Å². The minimum absolute atomic E-state index is 0. The Bertz CT molecular complexity index is 1420. The Hall–Kier alpha value is -4.16. The summed E-state index contributed by atoms with van der Waals surface area (Å²) in [6, 6.07) is 20.0. The Kier molecular flexibility index (Phi) is 16.8. The second-order valence-corrected chi connectivity index (χ2v) is 17.2. The van der Waals surface area contributed by atoms with E-state index in [0.29, 0.717) is 39.0 Å². The van der Waals surface area contributed by atoms with Gasteiger partial charge in [0, 0.05) is 68.5 Å². The lowest BCUT2D eigenvalue weighted by molar-refractivity contribution is -0.157. The number of hydrogen-bond acceptors (Lipinski definition) is 8. The molecule has 0 unspecified atom stereocenters. The number of nitrogens with zero attached hydrogens (tertiary/aromatic N) is 6. The number of carbonyl (C=O) groups is 4. The molecule has 2 aromatic rings. The molecule has 2 fully saturated rings. The van der Waals surface area contributed by atoms with E-state index in [1.54, 1.807) is 43.9 Å². The van der Waals surface area contributed by atoms with Crippen LogP contribution >= 0.6 is 0 Å². The van der Waals surface area contributed by atoms with Gasteiger partial charge in [0.2, 0.25) is 11.8 Å². The SMILES string of the molecule is C.CN(C)N(C)C(=O)[C@@]1(Cc2ccccc2)CCCN(C(=O)OC(C)(C)C)C1.CN(C)N(C)C(=O)[C@]1(Cc2ccccc2)CCCN(C(=O)OC(C)(C)C)C1. The second kappa shape index (κ2) is 19.6. The largest absolute Gasteiger partial charge is 0.444 e. The third-order valence-electron chi connectivity index (χ3n) is 9.92. The standard InChI is InChI=1S/2C21H33N3O3.CH4/c2*1-20(2,3)27-19(26)24-14-10-13-21(16-24,18(25)23(6)22(4)5)15-17-11-8-7-9-12-17;/h2*7-9,11-12H,10,13-16H2,1-6H3;1H4/t2*21-;/m10./s1. The Morgan fingerprint density at radius 1 is 0.582 bits per heavy atom. The van der Waals surface area contributed by atoms with Crippen LogP contribution in [0.1, 0.15) is 85.8 Å². The first-order valence-electron chi connectivity index (χ1n) is 19.0. The quantitative estimate of drug-likeness (QED) is 0.265. The molecule has 12 heteroatoms. The van der Waals surface area contributed by atoms with Gasteiger partial charge in [-0.25, -0.2) is 19.6 Å². The summed E-state index contributed by atoms with van der Waals surface area (Å²) >= 11 is 0. The van der Waals surface area contributed by atoms with Crippen molar-refractivity contribution in [3.8, 4) is 0 Å². The van der Waals surface area contributed by atoms with Crippen LogP contribution in [-0.4, -0.2) is 134 Å². The molecule has 2 atom stereocenters. The van der Waals surface area contributed by atoms with E-state index in [-0.39, 0.29) is 31.4 Å². The molecular weight excluding hydrogens is 697 g/mol. The number of benzene rings is 2. The van der Waals surface area contributed by atoms with Crippen LogP contribution in [0, 0.1) is 10.8 Å². The maximum Gasteiger partial charge on any atom is 0.410 e. The average Bonchev–Trinajstić information content (AvgIpc) is 3.10. The van der Waals surface area contributed by atoms with Gasteiger partial charge in [-0.2, -0.15) is 0 Å². The second-order valence-electron chi connectivity index (χ2n) is 17.2. The lowest BCUT2D eigenvalue weighted by Crippen LogP contribution is -2.57. The molecule has 4 amide bonds. The molecule has 2 aliphatic rings. The summed E-state index contributed by atoms with van der Waals surface area (Å²) in [4.78, 5) is 55.5. The monoisotopic (exact) mass is 767 g/mol. The summed E-state index contributed by atoms with van der Waals surface area (Å²) in [6.45, 7) is 13.1. The van der Waals surface area contributed by atoms with Gasteiger partial charge in [0.1, 0.15) is 11.2 Å². The van der Waals surface area contributed by atoms with Gasteiger partial charge in [-0.05, 0) is 91.2 Å². The van der Waals surface area contributed by atoms with Crippen LogP contribution in [0.4, 0.5) is 9.59 Å². The van der Waals surface area contributed by atoms with Crippen LogP contribution < -0.4 is 0 Å². The molecule has 2 heterocycles. The Morgan fingerprint density at radius 2 is 0.891 bits per heavy atom. The maximum atomic E-state index is 13.4. The van der Waals surface area contributed by atoms with E-state index in [2.05, 4.69) is 0 Å². The van der Waals surface area contributed by atoms with Crippen molar-refractivity contribution in [3.05, 3.63) is 71.8 Å². The van der Waals surface area contributed by atoms with Crippen molar-refractivity contribution in [1.82, 2.24) is 29.8 Å². The van der Waals surface area contributed by atoms with E-state index in [4.69, 9.17) is 9.47 Å². The van der Waals surface area contributed by atoms with Crippen LogP contribution in [0.2, 0.25) is 0 Å². The predicted octanol–water partition coefficient (Wildman–Crippen LogP) is 7.00. The number of rotatable bonds is 8.